The van der Waals surface area contributed by atoms with Gasteiger partial charge in [-0.05, 0) is 31.2 Å². The van der Waals surface area contributed by atoms with E-state index in [1.807, 2.05) is 18.3 Å². The van der Waals surface area contributed by atoms with Crippen LogP contribution in [-0.4, -0.2) is 18.2 Å². The van der Waals surface area contributed by atoms with E-state index in [2.05, 4.69) is 31.8 Å². The highest BCUT2D eigenvalue weighted by Gasteiger charge is 2.46. The Morgan fingerprint density at radius 2 is 2.00 bits per heavy atom. The molecule has 3 nitrogen and oxygen atoms in total. The fourth-order valence-corrected chi connectivity index (χ4v) is 3.60. The van der Waals surface area contributed by atoms with Gasteiger partial charge in [-0.25, -0.2) is 0 Å². The number of hydrogen-bond acceptors (Lipinski definition) is 3. The first kappa shape index (κ1) is 13.8. The number of ether oxygens (including phenoxy) is 2. The number of pyridine rings is 1. The summed E-state index contributed by atoms with van der Waals surface area (Å²) in [6.45, 7) is 8.36. The Balaban J connectivity index is 1.75. The summed E-state index contributed by atoms with van der Waals surface area (Å²) in [6.07, 6.45) is 6.86. The molecule has 0 amide bonds. The lowest BCUT2D eigenvalue weighted by Gasteiger charge is -2.49. The van der Waals surface area contributed by atoms with Crippen molar-refractivity contribution >= 4 is 0 Å². The topological polar surface area (TPSA) is 31.4 Å². The van der Waals surface area contributed by atoms with Gasteiger partial charge in [-0.1, -0.05) is 31.6 Å². The summed E-state index contributed by atoms with van der Waals surface area (Å²) in [4.78, 5) is 4.13. The van der Waals surface area contributed by atoms with E-state index >= 15 is 0 Å². The van der Waals surface area contributed by atoms with Crippen molar-refractivity contribution in [3.63, 3.8) is 0 Å². The standard InChI is InChI=1S/C17H23NO2/c1-12-7-13(2)17(14(3)8-12)10-19-16(20-11-17)15-5-4-6-18-9-15/h4-7,9,13-14,16H,8,10-11H2,1-3H3/t13-,14-,16?,17?/m1/s1. The molecule has 2 atom stereocenters. The first-order valence-electron chi connectivity index (χ1n) is 7.42. The summed E-state index contributed by atoms with van der Waals surface area (Å²) in [7, 11) is 0. The molecule has 1 aliphatic carbocycles. The smallest absolute Gasteiger partial charge is 0.185 e. The molecule has 1 spiro atoms. The number of hydrogen-bond donors (Lipinski definition) is 0. The highest BCUT2D eigenvalue weighted by atomic mass is 16.7. The highest BCUT2D eigenvalue weighted by molar-refractivity contribution is 5.15. The maximum Gasteiger partial charge on any atom is 0.185 e. The number of nitrogens with zero attached hydrogens (tertiary/aromatic N) is 1. The van der Waals surface area contributed by atoms with E-state index in [4.69, 9.17) is 9.47 Å². The summed E-state index contributed by atoms with van der Waals surface area (Å²) < 4.78 is 12.1. The van der Waals surface area contributed by atoms with Crippen LogP contribution in [0.15, 0.2) is 36.2 Å². The van der Waals surface area contributed by atoms with Crippen molar-refractivity contribution in [3.05, 3.63) is 41.7 Å². The fourth-order valence-electron chi connectivity index (χ4n) is 3.60. The van der Waals surface area contributed by atoms with Gasteiger partial charge in [0.1, 0.15) is 0 Å². The van der Waals surface area contributed by atoms with Crippen LogP contribution in [0, 0.1) is 17.3 Å². The van der Waals surface area contributed by atoms with Crippen LogP contribution < -0.4 is 0 Å². The molecular formula is C17H23NO2. The first-order chi connectivity index (χ1) is 9.62. The van der Waals surface area contributed by atoms with Crippen molar-refractivity contribution in [2.75, 3.05) is 13.2 Å². The summed E-state index contributed by atoms with van der Waals surface area (Å²) in [5, 5.41) is 0. The normalized spacial score (nSPS) is 37.8. The molecule has 1 fully saturated rings. The lowest BCUT2D eigenvalue weighted by molar-refractivity contribution is -0.254. The third kappa shape index (κ3) is 2.29. The minimum Gasteiger partial charge on any atom is -0.348 e. The molecule has 0 saturated carbocycles. The molecule has 0 radical (unpaired) electrons. The second-order valence-corrected chi connectivity index (χ2v) is 6.38. The number of aromatic nitrogens is 1. The molecule has 2 aliphatic rings. The predicted octanol–water partition coefficient (Wildman–Crippen LogP) is 3.74. The van der Waals surface area contributed by atoms with Crippen LogP contribution >= 0.6 is 0 Å². The third-order valence-electron chi connectivity index (χ3n) is 5.01. The molecule has 1 saturated heterocycles. The van der Waals surface area contributed by atoms with Gasteiger partial charge in [0, 0.05) is 23.4 Å². The van der Waals surface area contributed by atoms with Crippen LogP contribution in [0.4, 0.5) is 0 Å². The molecule has 0 N–H and O–H groups in total. The van der Waals surface area contributed by atoms with Gasteiger partial charge >= 0.3 is 0 Å². The molecule has 3 rings (SSSR count). The zero-order valence-corrected chi connectivity index (χ0v) is 12.5. The Labute approximate surface area is 121 Å². The minimum atomic E-state index is -0.263. The zero-order valence-electron chi connectivity index (χ0n) is 12.5. The van der Waals surface area contributed by atoms with Gasteiger partial charge in [0.05, 0.1) is 13.2 Å². The molecule has 2 heterocycles. The lowest BCUT2D eigenvalue weighted by Crippen LogP contribution is -2.49. The predicted molar refractivity (Wildman–Crippen MR) is 78.0 cm³/mol. The van der Waals surface area contributed by atoms with E-state index < -0.39 is 0 Å². The van der Waals surface area contributed by atoms with Crippen LogP contribution in [0.2, 0.25) is 0 Å². The summed E-state index contributed by atoms with van der Waals surface area (Å²) in [5.41, 5.74) is 2.62. The summed E-state index contributed by atoms with van der Waals surface area (Å²) in [6, 6.07) is 3.93. The third-order valence-corrected chi connectivity index (χ3v) is 5.01. The lowest BCUT2D eigenvalue weighted by atomic mass is 9.63. The largest absolute Gasteiger partial charge is 0.348 e. The van der Waals surface area contributed by atoms with Crippen molar-refractivity contribution in [1.82, 2.24) is 4.98 Å². The maximum absolute atomic E-state index is 6.04. The molecule has 0 aromatic carbocycles. The minimum absolute atomic E-state index is 0.123. The molecule has 20 heavy (non-hydrogen) atoms. The van der Waals surface area contributed by atoms with Crippen LogP contribution in [0.5, 0.6) is 0 Å². The molecular weight excluding hydrogens is 250 g/mol. The number of allylic oxidation sites excluding steroid dienone is 2. The van der Waals surface area contributed by atoms with E-state index in [0.717, 1.165) is 25.2 Å². The van der Waals surface area contributed by atoms with Crippen LogP contribution in [0.25, 0.3) is 0 Å². The highest BCUT2D eigenvalue weighted by Crippen LogP contribution is 2.48. The molecule has 0 unspecified atom stereocenters. The Morgan fingerprint density at radius 3 is 2.60 bits per heavy atom. The number of rotatable bonds is 1. The van der Waals surface area contributed by atoms with Gasteiger partial charge < -0.3 is 9.47 Å². The van der Waals surface area contributed by atoms with Crippen LogP contribution in [-0.2, 0) is 9.47 Å². The van der Waals surface area contributed by atoms with Crippen LogP contribution in [0.1, 0.15) is 39.0 Å². The van der Waals surface area contributed by atoms with Gasteiger partial charge in [-0.2, -0.15) is 0 Å². The average Bonchev–Trinajstić information content (AvgIpc) is 2.46. The van der Waals surface area contributed by atoms with Crippen molar-refractivity contribution in [2.45, 2.75) is 33.5 Å². The second-order valence-electron chi connectivity index (χ2n) is 6.38. The molecule has 108 valence electrons. The van der Waals surface area contributed by atoms with Gasteiger partial charge in [0.15, 0.2) is 6.29 Å². The van der Waals surface area contributed by atoms with Gasteiger partial charge in [0.2, 0.25) is 0 Å². The summed E-state index contributed by atoms with van der Waals surface area (Å²) in [5.74, 6) is 1.10. The fraction of sp³-hybridized carbons (Fsp3) is 0.588. The summed E-state index contributed by atoms with van der Waals surface area (Å²) >= 11 is 0. The maximum atomic E-state index is 6.04. The van der Waals surface area contributed by atoms with Gasteiger partial charge in [-0.15, -0.1) is 0 Å². The first-order valence-corrected chi connectivity index (χ1v) is 7.42. The average molecular weight is 273 g/mol. The van der Waals surface area contributed by atoms with E-state index in [1.165, 1.54) is 5.57 Å². The van der Waals surface area contributed by atoms with E-state index in [-0.39, 0.29) is 11.7 Å². The monoisotopic (exact) mass is 273 g/mol. The van der Waals surface area contributed by atoms with Crippen molar-refractivity contribution in [2.24, 2.45) is 17.3 Å². The Bertz CT molecular complexity index is 489. The molecule has 1 aromatic heterocycles. The van der Waals surface area contributed by atoms with Crippen LogP contribution in [0.3, 0.4) is 0 Å². The molecule has 1 aliphatic heterocycles. The second kappa shape index (κ2) is 5.30. The SMILES string of the molecule is CC1=C[C@@H](C)C2(COC(c3cccnc3)OC2)[C@H](C)C1. The zero-order chi connectivity index (χ0) is 14.2. The molecule has 0 bridgehead atoms. The van der Waals surface area contributed by atoms with Gasteiger partial charge in [0.25, 0.3) is 0 Å². The quantitative estimate of drug-likeness (QED) is 0.730. The molecule has 1 aromatic rings. The van der Waals surface area contributed by atoms with Crippen molar-refractivity contribution < 1.29 is 9.47 Å². The Morgan fingerprint density at radius 1 is 1.25 bits per heavy atom. The Kier molecular flexibility index (Phi) is 3.65. The van der Waals surface area contributed by atoms with E-state index in [1.54, 1.807) is 6.20 Å². The van der Waals surface area contributed by atoms with Crippen molar-refractivity contribution in [3.8, 4) is 0 Å². The van der Waals surface area contributed by atoms with E-state index in [9.17, 15) is 0 Å². The Hall–Kier alpha value is -1.19. The van der Waals surface area contributed by atoms with Gasteiger partial charge in [-0.3, -0.25) is 4.98 Å². The molecule has 3 heteroatoms. The van der Waals surface area contributed by atoms with E-state index in [0.29, 0.717) is 11.8 Å². The van der Waals surface area contributed by atoms with Crippen molar-refractivity contribution in [1.29, 1.82) is 0 Å².